The molecule has 0 radical (unpaired) electrons. The summed E-state index contributed by atoms with van der Waals surface area (Å²) in [6, 6.07) is 38.5. The number of amides is 4. The van der Waals surface area contributed by atoms with Crippen LogP contribution in [0.15, 0.2) is 205 Å². The highest BCUT2D eigenvalue weighted by molar-refractivity contribution is 9.10. The molecule has 11 aromatic rings. The van der Waals surface area contributed by atoms with Gasteiger partial charge in [-0.1, -0.05) is 143 Å². The lowest BCUT2D eigenvalue weighted by Gasteiger charge is -2.25. The number of H-pyrrole nitrogens is 1. The number of fused-ring (bicyclic) bond motifs is 10. The Morgan fingerprint density at radius 1 is 0.454 bits per heavy atom. The third-order valence-electron chi connectivity index (χ3n) is 17.8. The zero-order valence-electron chi connectivity index (χ0n) is 54.8. The number of carbonyl (C=O) groups excluding carboxylic acids is 9. The summed E-state index contributed by atoms with van der Waals surface area (Å²) in [4.78, 5) is 185. The molecule has 0 fully saturated rings. The molecule has 3 unspecified atom stereocenters. The number of pyridine rings is 4. The molecule has 0 saturated carbocycles. The van der Waals surface area contributed by atoms with Crippen LogP contribution in [-0.4, -0.2) is 101 Å². The predicted octanol–water partition coefficient (Wildman–Crippen LogP) is 7.78. The molecule has 36 heteroatoms. The Hall–Kier alpha value is -12.3. The quantitative estimate of drug-likeness (QED) is 0.0762. The summed E-state index contributed by atoms with van der Waals surface area (Å²) < 4.78 is 4.00. The smallest absolute Gasteiger partial charge is 0.277 e. The molecule has 0 saturated heterocycles. The van der Waals surface area contributed by atoms with Crippen molar-refractivity contribution in [1.82, 2.24) is 64.5 Å². The lowest BCUT2D eigenvalue weighted by Crippen LogP contribution is -2.52. The number of anilines is 5. The van der Waals surface area contributed by atoms with Crippen molar-refractivity contribution in [2.45, 2.75) is 42.7 Å². The largest absolute Gasteiger partial charge is 0.384 e. The van der Waals surface area contributed by atoms with E-state index >= 15 is 0 Å². The van der Waals surface area contributed by atoms with Gasteiger partial charge in [0.25, 0.3) is 45.9 Å². The zero-order chi connectivity index (χ0) is 76.8. The number of hydrogen-bond donors (Lipinski definition) is 8. The Labute approximate surface area is 642 Å². The first-order valence-electron chi connectivity index (χ1n) is 31.7. The summed E-state index contributed by atoms with van der Waals surface area (Å²) in [5.74, 6) is -2.71. The Kier molecular flexibility index (Phi) is 20.2. The van der Waals surface area contributed by atoms with Crippen LogP contribution in [0.5, 0.6) is 0 Å². The van der Waals surface area contributed by atoms with Crippen LogP contribution in [0.2, 0.25) is 20.1 Å². The number of rotatable bonds is 5. The summed E-state index contributed by atoms with van der Waals surface area (Å²) in [6.07, 6.45) is 9.58. The maximum Gasteiger partial charge on any atom is 0.277 e. The van der Waals surface area contributed by atoms with E-state index in [0.717, 1.165) is 22.3 Å². The van der Waals surface area contributed by atoms with Crippen molar-refractivity contribution >= 4 is 160 Å². The number of nitrogens with zero attached hydrogens (tertiary/aromatic N) is 9. The molecule has 10 N–H and O–H groups in total. The van der Waals surface area contributed by atoms with Gasteiger partial charge in [0.1, 0.15) is 70.6 Å². The number of benzene rings is 4. The van der Waals surface area contributed by atoms with Crippen molar-refractivity contribution in [3.63, 3.8) is 0 Å². The molecule has 4 aliphatic carbocycles. The summed E-state index contributed by atoms with van der Waals surface area (Å²) in [5, 5.41) is 14.2. The molecule has 108 heavy (non-hydrogen) atoms. The van der Waals surface area contributed by atoms with Gasteiger partial charge in [-0.25, -0.2) is 29.9 Å². The van der Waals surface area contributed by atoms with Gasteiger partial charge in [-0.05, 0) is 96.6 Å². The minimum absolute atomic E-state index is 0.0241. The van der Waals surface area contributed by atoms with Gasteiger partial charge in [0.05, 0.1) is 29.0 Å². The predicted molar refractivity (Wildman–Crippen MR) is 399 cm³/mol. The number of aromatic amines is 1. The minimum atomic E-state index is -1.51. The summed E-state index contributed by atoms with van der Waals surface area (Å²) >= 11 is 30.4. The molecule has 3 atom stereocenters. The Morgan fingerprint density at radius 2 is 0.824 bits per heavy atom. The van der Waals surface area contributed by atoms with Gasteiger partial charge >= 0.3 is 0 Å². The fourth-order valence-corrected chi connectivity index (χ4v) is 15.2. The van der Waals surface area contributed by atoms with Gasteiger partial charge in [0.2, 0.25) is 28.9 Å². The highest BCUT2D eigenvalue weighted by Crippen LogP contribution is 2.43. The molecule has 30 nitrogen and oxygen atoms in total. The van der Waals surface area contributed by atoms with Crippen LogP contribution in [-0.2, 0) is 47.5 Å². The number of nitrogens with one attached hydrogen (secondary N) is 6. The van der Waals surface area contributed by atoms with Gasteiger partial charge in [-0.2, -0.15) is 0 Å². The molecule has 3 aliphatic heterocycles. The van der Waals surface area contributed by atoms with E-state index in [9.17, 15) is 62.3 Å². The monoisotopic (exact) mass is 1660 g/mol. The number of primary amides is 1. The topological polar surface area (TPSA) is 442 Å². The van der Waals surface area contributed by atoms with E-state index in [1.807, 2.05) is 48.5 Å². The highest BCUT2D eigenvalue weighted by atomic mass is 79.9. The molecule has 3 spiro atoms. The van der Waals surface area contributed by atoms with Crippen molar-refractivity contribution in [2.75, 3.05) is 16.4 Å². The zero-order valence-corrected chi connectivity index (χ0v) is 61.0. The number of ketones is 5. The van der Waals surface area contributed by atoms with Gasteiger partial charge in [0.15, 0.2) is 17.0 Å². The molecule has 10 heterocycles. The van der Waals surface area contributed by atoms with Gasteiger partial charge in [-0.3, -0.25) is 76.0 Å². The fourth-order valence-electron chi connectivity index (χ4n) is 13.1. The van der Waals surface area contributed by atoms with Crippen molar-refractivity contribution in [3.8, 4) is 0 Å². The Balaban J connectivity index is 0.000000121. The second kappa shape index (κ2) is 29.5. The third kappa shape index (κ3) is 13.3. The first-order chi connectivity index (χ1) is 51.7. The average molecular weight is 1660 g/mol. The van der Waals surface area contributed by atoms with Crippen molar-refractivity contribution in [1.29, 1.82) is 0 Å². The SMILES string of the molecule is NC(=O)c1[nH]c(=O)c(Br)cc1Cl.Nc1ccncn1.O=C1Cc2ccccc2C1=O.O=C1NC2(Cc3ccccc3C2=O)n2c1c(Cl)cc(Br)c2=O.O=C1NC2(Cc3ccccc3C2=O)n2c1c(Cl)cc(Nc1ccncn1)c2=O.O=C1NC2(Cc3ccccc3C2=O)n2c1c(Cl)cc(Nc1ccncn1)c2=O. The maximum atomic E-state index is 13.3. The van der Waals surface area contributed by atoms with E-state index in [4.69, 9.17) is 57.9 Å². The minimum Gasteiger partial charge on any atom is -0.384 e. The lowest BCUT2D eigenvalue weighted by molar-refractivity contribution is -0.114. The van der Waals surface area contributed by atoms with E-state index in [1.54, 1.807) is 72.9 Å². The second-order valence-corrected chi connectivity index (χ2v) is 27.6. The van der Waals surface area contributed by atoms with E-state index in [2.05, 4.69) is 93.3 Å². The van der Waals surface area contributed by atoms with Crippen LogP contribution >= 0.6 is 78.3 Å². The summed E-state index contributed by atoms with van der Waals surface area (Å²) in [6.45, 7) is 0. The lowest BCUT2D eigenvalue weighted by atomic mass is 10.1. The molecular weight excluding hydrogens is 1610 g/mol. The van der Waals surface area contributed by atoms with Crippen molar-refractivity contribution in [3.05, 3.63) is 315 Å². The van der Waals surface area contributed by atoms with Crippen LogP contribution in [0.3, 0.4) is 0 Å². The summed E-state index contributed by atoms with van der Waals surface area (Å²) in [5.41, 5.74) is 9.04. The number of hydrogen-bond acceptors (Lipinski definition) is 22. The first kappa shape index (κ1) is 74.0. The average Bonchev–Trinajstić information content (AvgIpc) is 1.56. The van der Waals surface area contributed by atoms with Crippen LogP contribution in [0.25, 0.3) is 0 Å². The first-order valence-corrected chi connectivity index (χ1v) is 34.8. The fraction of sp³-hybridized carbons (Fsp3) is 0.0972. The van der Waals surface area contributed by atoms with E-state index in [0.29, 0.717) is 39.7 Å². The van der Waals surface area contributed by atoms with Crippen LogP contribution in [0.1, 0.15) is 106 Å². The van der Waals surface area contributed by atoms with E-state index < -0.39 is 62.9 Å². The molecule has 540 valence electrons. The normalized spacial score (nSPS) is 17.8. The van der Waals surface area contributed by atoms with Crippen LogP contribution < -0.4 is 60.3 Å². The number of nitrogen functional groups attached to an aromatic ring is 1. The highest BCUT2D eigenvalue weighted by Gasteiger charge is 2.58. The van der Waals surface area contributed by atoms with Gasteiger partial charge in [-0.15, -0.1) is 0 Å². The maximum absolute atomic E-state index is 13.3. The second-order valence-electron chi connectivity index (χ2n) is 24.2. The number of Topliss-reactive ketones (excluding diaryl/α,β-unsaturated/α-hetero) is 5. The Bertz CT molecular complexity index is 5780. The van der Waals surface area contributed by atoms with Crippen LogP contribution in [0, 0.1) is 0 Å². The number of nitrogens with two attached hydrogens (primary N) is 2. The number of aromatic nitrogens is 10. The van der Waals surface area contributed by atoms with E-state index in [-0.39, 0.29) is 118 Å². The molecule has 7 aromatic heterocycles. The van der Waals surface area contributed by atoms with Gasteiger partial charge < -0.3 is 43.0 Å². The van der Waals surface area contributed by atoms with Gasteiger partial charge in [0, 0.05) is 66.5 Å². The Morgan fingerprint density at radius 3 is 1.19 bits per heavy atom. The standard InChI is InChI=1S/2C19H12ClN5O3.C15H8BrClN2O3.C9H6O2.C6H4BrClN2O2.C4H5N3/c2*20-12-7-13(23-14-5-6-21-9-22-14)18(28)25-15(12)17(27)24-19(25)8-10-3-1-2-4-11(10)16(19)26;16-9-5-10(17)11-13(21)18-15(19(11)14(9)22)6-7-3-1-2-4-8(7)12(15)20;10-8-5-6-3-1-2-4-7(6)9(8)11;7-2-1-3(8)4(5(9)11)10-6(2)12;5-4-1-2-6-3-7-4/h2*1-7,9H,8H2,(H,24,27)(H,21,22,23);1-5H,6H2,(H,18,21);1-4H,5H2;1H,(H2,9,11)(H,10,12);1-3H,(H2,5,6,7). The number of carbonyl (C=O) groups is 9. The van der Waals surface area contributed by atoms with Crippen LogP contribution in [0.4, 0.5) is 28.8 Å². The molecule has 4 amide bonds. The number of halogens is 6. The van der Waals surface area contributed by atoms with Crippen molar-refractivity contribution in [2.24, 2.45) is 5.73 Å². The molecule has 7 aliphatic rings. The summed E-state index contributed by atoms with van der Waals surface area (Å²) in [7, 11) is 0. The molecular formula is C72H47Br2Cl4N17O13. The third-order valence-corrected chi connectivity index (χ3v) is 20.1. The molecule has 0 bridgehead atoms. The van der Waals surface area contributed by atoms with Crippen molar-refractivity contribution < 1.29 is 43.2 Å². The van der Waals surface area contributed by atoms with E-state index in [1.165, 1.54) is 69.3 Å². The molecule has 18 rings (SSSR count). The molecule has 4 aromatic carbocycles.